The highest BCUT2D eigenvalue weighted by Crippen LogP contribution is 2.25. The van der Waals surface area contributed by atoms with Crippen LogP contribution in [-0.4, -0.2) is 399 Å². The normalized spacial score (nSPS) is 23.0. The summed E-state index contributed by atoms with van der Waals surface area (Å²) in [5, 5.41) is 99.2. The molecule has 10 fully saturated rings. The zero-order chi connectivity index (χ0) is 82.6. The highest BCUT2D eigenvalue weighted by Gasteiger charge is 2.31. The maximum absolute atomic E-state index is 11.9. The fraction of sp³-hybridized carbons (Fsp3) is 0.875. The van der Waals surface area contributed by atoms with Crippen LogP contribution in [0, 0.1) is 5.92 Å². The molecule has 10 rings (SSSR count). The number of ether oxygens (including phenoxy) is 5. The summed E-state index contributed by atoms with van der Waals surface area (Å²) in [5.41, 5.74) is 0. The van der Waals surface area contributed by atoms with Gasteiger partial charge in [0.2, 0.25) is 53.2 Å². The number of Topliss-reactive ketones (excluding diaryl/α,β-unsaturated/α-hetero) is 1. The summed E-state index contributed by atoms with van der Waals surface area (Å²) in [7, 11) is 0. The number of hydrogen-bond acceptors (Lipinski definition) is 25. The second kappa shape index (κ2) is 55.1. The average molecular weight is 1630 g/mol. The van der Waals surface area contributed by atoms with Gasteiger partial charge >= 0.3 is 0 Å². The van der Waals surface area contributed by atoms with Gasteiger partial charge in [0.15, 0.2) is 0 Å². The minimum Gasteiger partial charge on any atom is -0.391 e. The van der Waals surface area contributed by atoms with Crippen molar-refractivity contribution in [1.29, 1.82) is 0 Å². The Morgan fingerprint density at radius 2 is 0.377 bits per heavy atom. The van der Waals surface area contributed by atoms with E-state index >= 15 is 0 Å². The van der Waals surface area contributed by atoms with Crippen LogP contribution in [0.4, 0.5) is 0 Å². The molecule has 0 bridgehead atoms. The van der Waals surface area contributed by atoms with Crippen LogP contribution in [0.2, 0.25) is 0 Å². The van der Waals surface area contributed by atoms with Gasteiger partial charge in [-0.05, 0) is 109 Å². The predicted molar refractivity (Wildman–Crippen MR) is 415 cm³/mol. The molecule has 9 aliphatic heterocycles. The fourth-order valence-corrected chi connectivity index (χ4v) is 15.6. The molecule has 654 valence electrons. The average Bonchev–Trinajstić information content (AvgIpc) is 1.47. The maximum atomic E-state index is 11.9. The van der Waals surface area contributed by atoms with Crippen molar-refractivity contribution < 1.29 is 123 Å². The van der Waals surface area contributed by atoms with Crippen LogP contribution in [0.5, 0.6) is 0 Å². The van der Waals surface area contributed by atoms with Gasteiger partial charge in [0.1, 0.15) is 5.78 Å². The first-order chi connectivity index (χ1) is 54.8. The SMILES string of the molecule is O=C1CCCCCC1CC(O)COCC(O)CN1CCCC1=O.O=C1CCCCCN1CC(O)COCC(O)CN1CCCCCC1=O.O=C1CCCCN1CC(O)COCC(O)CN1CCCC1=O.O=C1CCCCN1CC(O)COCC(O)CN1CCCCC1=O.O=C1CCCN1CC(O)COCC(O)CN1CCCC1=O. The van der Waals surface area contributed by atoms with Gasteiger partial charge in [0.05, 0.1) is 127 Å². The van der Waals surface area contributed by atoms with Crippen LogP contribution in [0.1, 0.15) is 199 Å². The molecule has 0 spiro atoms. The molecule has 9 amide bonds. The molecule has 11 unspecified atom stereocenters. The lowest BCUT2D eigenvalue weighted by Gasteiger charge is -2.29. The molecule has 10 N–H and O–H groups in total. The molecule has 34 nitrogen and oxygen atoms in total. The van der Waals surface area contributed by atoms with Crippen molar-refractivity contribution in [3.8, 4) is 0 Å². The molecule has 9 heterocycles. The zero-order valence-corrected chi connectivity index (χ0v) is 67.7. The van der Waals surface area contributed by atoms with E-state index in [1.807, 2.05) is 0 Å². The van der Waals surface area contributed by atoms with Gasteiger partial charge < -0.3 is 119 Å². The van der Waals surface area contributed by atoms with Crippen molar-refractivity contribution in [2.75, 3.05) is 184 Å². The van der Waals surface area contributed by atoms with E-state index in [1.54, 1.807) is 44.1 Å². The summed E-state index contributed by atoms with van der Waals surface area (Å²) in [6.45, 7) is 9.57. The molecule has 114 heavy (non-hydrogen) atoms. The van der Waals surface area contributed by atoms with E-state index in [2.05, 4.69) is 0 Å². The second-order valence-corrected chi connectivity index (χ2v) is 32.2. The van der Waals surface area contributed by atoms with Crippen LogP contribution in [0.15, 0.2) is 0 Å². The Balaban J connectivity index is 0.000000222. The van der Waals surface area contributed by atoms with E-state index in [9.17, 15) is 99.0 Å². The minimum absolute atomic E-state index is 0.0526. The Hall–Kier alpha value is -5.70. The molecule has 1 aliphatic carbocycles. The number of β-amino-alcohol motifs (C(OH)–C–C–N with tert-alkyl or cyclic N) is 9. The monoisotopic (exact) mass is 1630 g/mol. The second-order valence-electron chi connectivity index (χ2n) is 32.2. The first kappa shape index (κ1) is 97.1. The molecule has 0 aromatic rings. The number of aliphatic hydroxyl groups excluding tert-OH is 10. The standard InChI is InChI=1S/C18H32N2O5.C17H29NO5.C16H28N2O5.C15H26N2O5.C14H24N2O5/c21-15(11-19-9-5-1-3-7-17(19)23)13-25-14-16(22)12-20-10-6-2-4-8-18(20)24;19-14(9-13-5-2-1-3-6-16(13)21)11-23-12-15(20)10-18-8-4-7-17(18)22;19-13(9-17-7-3-1-5-15(17)21)11-23-12-14(20)10-18-8-4-2-6-16(18)22;18-12(8-16-6-2-1-4-14(16)20)10-22-11-13(19)9-17-7-3-5-15(17)21;17-11(7-15-5-1-3-13(15)19)9-21-10-12(18)8-16-6-2-4-14(16)20/h15-16,21-22H,1-14H2;13-15,19-20H,1-12H2;13-14,19-20H,1-12H2;12-13,18-19H,1-11H2;11-12,17-18H,1-10H2. The summed E-state index contributed by atoms with van der Waals surface area (Å²) in [4.78, 5) is 131. The fourth-order valence-electron chi connectivity index (χ4n) is 15.6. The summed E-state index contributed by atoms with van der Waals surface area (Å²) in [5.74, 6) is 0.933. The van der Waals surface area contributed by atoms with Crippen LogP contribution in [0.3, 0.4) is 0 Å². The van der Waals surface area contributed by atoms with Crippen LogP contribution >= 0.6 is 0 Å². The van der Waals surface area contributed by atoms with Crippen molar-refractivity contribution in [2.45, 2.75) is 260 Å². The van der Waals surface area contributed by atoms with Crippen molar-refractivity contribution in [2.24, 2.45) is 5.92 Å². The Kier molecular flexibility index (Phi) is 47.0. The summed E-state index contributed by atoms with van der Waals surface area (Å²) in [6.07, 6.45) is 17.6. The number of carbonyl (C=O) groups excluding carboxylic acids is 10. The predicted octanol–water partition coefficient (Wildman–Crippen LogP) is -0.504. The zero-order valence-electron chi connectivity index (χ0n) is 67.7. The number of hydrogen-bond donors (Lipinski definition) is 10. The van der Waals surface area contributed by atoms with Crippen molar-refractivity contribution in [3.05, 3.63) is 0 Å². The van der Waals surface area contributed by atoms with Crippen molar-refractivity contribution >= 4 is 58.9 Å². The number of carbonyl (C=O) groups is 10. The van der Waals surface area contributed by atoms with E-state index in [4.69, 9.17) is 23.7 Å². The highest BCUT2D eigenvalue weighted by molar-refractivity contribution is 5.82. The number of rotatable bonds is 40. The molecular formula is C80H139N9O25. The number of amides is 9. The molecule has 0 radical (unpaired) electrons. The molecule has 0 aromatic heterocycles. The van der Waals surface area contributed by atoms with Gasteiger partial charge in [-0.1, -0.05) is 25.7 Å². The molecule has 34 heteroatoms. The molecule has 10 aliphatic rings. The number of nitrogens with zero attached hydrogens (tertiary/aromatic N) is 9. The number of ketones is 1. The maximum Gasteiger partial charge on any atom is 0.222 e. The number of piperidine rings is 3. The topological polar surface area (TPSA) is 448 Å². The lowest BCUT2D eigenvalue weighted by molar-refractivity contribution is -0.136. The van der Waals surface area contributed by atoms with E-state index in [-0.39, 0.29) is 190 Å². The largest absolute Gasteiger partial charge is 0.391 e. The first-order valence-electron chi connectivity index (χ1n) is 42.5. The summed E-state index contributed by atoms with van der Waals surface area (Å²) in [6, 6.07) is 0. The van der Waals surface area contributed by atoms with Crippen LogP contribution < -0.4 is 0 Å². The number of aliphatic hydroxyl groups is 10. The van der Waals surface area contributed by atoms with Crippen LogP contribution in [0.25, 0.3) is 0 Å². The minimum atomic E-state index is -0.755. The molecule has 1 saturated carbocycles. The third-order valence-corrected chi connectivity index (χ3v) is 21.8. The van der Waals surface area contributed by atoms with Gasteiger partial charge in [-0.2, -0.15) is 0 Å². The third kappa shape index (κ3) is 39.2. The van der Waals surface area contributed by atoms with Crippen molar-refractivity contribution in [3.63, 3.8) is 0 Å². The van der Waals surface area contributed by atoms with Gasteiger partial charge in [0, 0.05) is 188 Å². The van der Waals surface area contributed by atoms with Gasteiger partial charge in [-0.15, -0.1) is 0 Å². The van der Waals surface area contributed by atoms with E-state index in [0.29, 0.717) is 130 Å². The molecular weight excluding hydrogens is 1490 g/mol. The van der Waals surface area contributed by atoms with Gasteiger partial charge in [-0.25, -0.2) is 0 Å². The first-order valence-corrected chi connectivity index (χ1v) is 42.5. The lowest BCUT2D eigenvalue weighted by Crippen LogP contribution is -2.43. The van der Waals surface area contributed by atoms with Gasteiger partial charge in [0.25, 0.3) is 0 Å². The molecule has 9 saturated heterocycles. The highest BCUT2D eigenvalue weighted by atomic mass is 16.5. The third-order valence-electron chi connectivity index (χ3n) is 21.8. The Labute approximate surface area is 672 Å². The van der Waals surface area contributed by atoms with E-state index in [1.165, 1.54) is 0 Å². The van der Waals surface area contributed by atoms with E-state index < -0.39 is 61.0 Å². The Morgan fingerprint density at radius 1 is 0.211 bits per heavy atom. The van der Waals surface area contributed by atoms with Gasteiger partial charge in [-0.3, -0.25) is 47.9 Å². The summed E-state index contributed by atoms with van der Waals surface area (Å²) >= 11 is 0. The van der Waals surface area contributed by atoms with Crippen molar-refractivity contribution in [1.82, 2.24) is 44.1 Å². The molecule has 11 atom stereocenters. The Bertz CT molecular complexity index is 2750. The Morgan fingerprint density at radius 3 is 0.588 bits per heavy atom. The molecule has 0 aromatic carbocycles. The lowest BCUT2D eigenvalue weighted by atomic mass is 9.93. The van der Waals surface area contributed by atoms with E-state index in [0.717, 1.165) is 128 Å². The quantitative estimate of drug-likeness (QED) is 0.0346. The van der Waals surface area contributed by atoms with Crippen LogP contribution in [-0.2, 0) is 71.6 Å². The summed E-state index contributed by atoms with van der Waals surface area (Å²) < 4.78 is 26.7. The smallest absolute Gasteiger partial charge is 0.222 e. The number of likely N-dealkylation sites (tertiary alicyclic amines) is 9.